The van der Waals surface area contributed by atoms with E-state index in [1.54, 1.807) is 12.4 Å². The molecule has 0 fully saturated rings. The van der Waals surface area contributed by atoms with Crippen molar-refractivity contribution in [2.45, 2.75) is 25.5 Å². The number of rotatable bonds is 5. The molecule has 0 radical (unpaired) electrons. The molecule has 0 unspecified atom stereocenters. The summed E-state index contributed by atoms with van der Waals surface area (Å²) in [4.78, 5) is 19.2. The van der Waals surface area contributed by atoms with Crippen LogP contribution in [0.25, 0.3) is 11.0 Å². The standard InChI is InChI=1S/C13H15N3O2S/c1-9(2)4-6-16-11-3-5-14-7-10(11)15-13(16)19-8-12(17)18/h3-5,7H,6,8H2,1-2H3,(H,17,18). The number of carboxylic acid groups (broad SMARTS) is 1. The predicted molar refractivity (Wildman–Crippen MR) is 75.3 cm³/mol. The van der Waals surface area contributed by atoms with Crippen molar-refractivity contribution < 1.29 is 9.90 Å². The van der Waals surface area contributed by atoms with Gasteiger partial charge in [0.2, 0.25) is 0 Å². The summed E-state index contributed by atoms with van der Waals surface area (Å²) in [6.45, 7) is 4.75. The van der Waals surface area contributed by atoms with Crippen molar-refractivity contribution in [2.24, 2.45) is 0 Å². The fraction of sp³-hybridized carbons (Fsp3) is 0.308. The zero-order chi connectivity index (χ0) is 13.8. The van der Waals surface area contributed by atoms with Crippen molar-refractivity contribution in [3.63, 3.8) is 0 Å². The molecule has 0 aliphatic heterocycles. The lowest BCUT2D eigenvalue weighted by Crippen LogP contribution is -2.02. The van der Waals surface area contributed by atoms with Gasteiger partial charge in [0.1, 0.15) is 5.52 Å². The highest BCUT2D eigenvalue weighted by Crippen LogP contribution is 2.23. The fourth-order valence-electron chi connectivity index (χ4n) is 1.65. The normalized spacial score (nSPS) is 10.6. The Morgan fingerprint density at radius 2 is 2.32 bits per heavy atom. The monoisotopic (exact) mass is 277 g/mol. The molecule has 0 aliphatic rings. The van der Waals surface area contributed by atoms with Gasteiger partial charge in [-0.05, 0) is 19.9 Å². The largest absolute Gasteiger partial charge is 0.481 e. The lowest BCUT2D eigenvalue weighted by Gasteiger charge is -2.05. The number of allylic oxidation sites excluding steroid dienone is 2. The Bertz CT molecular complexity index is 630. The number of aliphatic carboxylic acids is 1. The van der Waals surface area contributed by atoms with Gasteiger partial charge in [0.15, 0.2) is 5.16 Å². The van der Waals surface area contributed by atoms with Gasteiger partial charge in [-0.2, -0.15) is 0 Å². The van der Waals surface area contributed by atoms with Gasteiger partial charge >= 0.3 is 5.97 Å². The summed E-state index contributed by atoms with van der Waals surface area (Å²) in [6, 6.07) is 1.89. The number of fused-ring (bicyclic) bond motifs is 1. The van der Waals surface area contributed by atoms with Crippen molar-refractivity contribution in [3.05, 3.63) is 30.1 Å². The van der Waals surface area contributed by atoms with Crippen LogP contribution in [0.15, 0.2) is 35.3 Å². The van der Waals surface area contributed by atoms with Crippen LogP contribution < -0.4 is 0 Å². The fourth-order valence-corrected chi connectivity index (χ4v) is 2.39. The second-order valence-corrected chi connectivity index (χ2v) is 5.28. The SMILES string of the molecule is CC(C)=CCn1c(SCC(=O)O)nc2cnccc21. The Labute approximate surface area is 115 Å². The Hall–Kier alpha value is -1.82. The topological polar surface area (TPSA) is 68.0 Å². The maximum absolute atomic E-state index is 10.7. The van der Waals surface area contributed by atoms with E-state index in [0.717, 1.165) is 11.0 Å². The molecule has 0 aromatic carbocycles. The molecule has 0 atom stereocenters. The average molecular weight is 277 g/mol. The number of carboxylic acids is 1. The van der Waals surface area contributed by atoms with Crippen LogP contribution >= 0.6 is 11.8 Å². The highest BCUT2D eigenvalue weighted by atomic mass is 32.2. The van der Waals surface area contributed by atoms with Gasteiger partial charge < -0.3 is 9.67 Å². The minimum atomic E-state index is -0.844. The first-order valence-electron chi connectivity index (χ1n) is 5.86. The first-order chi connectivity index (χ1) is 9.08. The molecule has 2 aromatic rings. The van der Waals surface area contributed by atoms with Gasteiger partial charge in [0.05, 0.1) is 17.5 Å². The van der Waals surface area contributed by atoms with Crippen molar-refractivity contribution >= 4 is 28.8 Å². The van der Waals surface area contributed by atoms with Crippen LogP contribution in [0.4, 0.5) is 0 Å². The second kappa shape index (κ2) is 5.88. The number of nitrogens with zero attached hydrogens (tertiary/aromatic N) is 3. The second-order valence-electron chi connectivity index (χ2n) is 4.33. The Balaban J connectivity index is 2.39. The Kier molecular flexibility index (Phi) is 4.21. The van der Waals surface area contributed by atoms with E-state index >= 15 is 0 Å². The van der Waals surface area contributed by atoms with Crippen molar-refractivity contribution in [1.82, 2.24) is 14.5 Å². The third kappa shape index (κ3) is 3.35. The summed E-state index contributed by atoms with van der Waals surface area (Å²) in [5, 5.41) is 9.49. The molecular formula is C13H15N3O2S. The van der Waals surface area contributed by atoms with Crippen LogP contribution in [0.3, 0.4) is 0 Å². The van der Waals surface area contributed by atoms with Crippen molar-refractivity contribution in [3.8, 4) is 0 Å². The zero-order valence-corrected chi connectivity index (χ0v) is 11.6. The van der Waals surface area contributed by atoms with Crippen LogP contribution in [0.5, 0.6) is 0 Å². The van der Waals surface area contributed by atoms with Crippen LogP contribution in [0, 0.1) is 0 Å². The van der Waals surface area contributed by atoms with Gasteiger partial charge in [-0.15, -0.1) is 0 Å². The first-order valence-corrected chi connectivity index (χ1v) is 6.84. The number of imidazole rings is 1. The molecule has 0 amide bonds. The molecular weight excluding hydrogens is 262 g/mol. The highest BCUT2D eigenvalue weighted by molar-refractivity contribution is 7.99. The minimum absolute atomic E-state index is 0.00553. The molecule has 2 rings (SSSR count). The van der Waals surface area contributed by atoms with E-state index < -0.39 is 5.97 Å². The maximum atomic E-state index is 10.7. The molecule has 6 heteroatoms. The van der Waals surface area contributed by atoms with E-state index in [0.29, 0.717) is 11.7 Å². The quantitative estimate of drug-likeness (QED) is 0.672. The maximum Gasteiger partial charge on any atom is 0.313 e. The number of hydrogen-bond donors (Lipinski definition) is 1. The van der Waals surface area contributed by atoms with Gasteiger partial charge in [-0.1, -0.05) is 23.4 Å². The number of aromatic nitrogens is 3. The lowest BCUT2D eigenvalue weighted by molar-refractivity contribution is -0.133. The third-order valence-electron chi connectivity index (χ3n) is 2.52. The minimum Gasteiger partial charge on any atom is -0.481 e. The molecule has 100 valence electrons. The van der Waals surface area contributed by atoms with Crippen LogP contribution in [0.2, 0.25) is 0 Å². The number of thioether (sulfide) groups is 1. The van der Waals surface area contributed by atoms with E-state index in [1.165, 1.54) is 17.3 Å². The van der Waals surface area contributed by atoms with Gasteiger partial charge in [0.25, 0.3) is 0 Å². The molecule has 1 N–H and O–H groups in total. The van der Waals surface area contributed by atoms with Crippen LogP contribution in [0.1, 0.15) is 13.8 Å². The summed E-state index contributed by atoms with van der Waals surface area (Å²) in [5.74, 6) is -0.838. The Morgan fingerprint density at radius 3 is 3.00 bits per heavy atom. The van der Waals surface area contributed by atoms with Gasteiger partial charge in [-0.3, -0.25) is 9.78 Å². The molecule has 0 spiro atoms. The zero-order valence-electron chi connectivity index (χ0n) is 10.8. The van der Waals surface area contributed by atoms with E-state index in [4.69, 9.17) is 5.11 Å². The average Bonchev–Trinajstić information content (AvgIpc) is 2.71. The molecule has 19 heavy (non-hydrogen) atoms. The van der Waals surface area contributed by atoms with Gasteiger partial charge in [0, 0.05) is 12.7 Å². The molecule has 0 saturated carbocycles. The summed E-state index contributed by atoms with van der Waals surface area (Å²) in [5.41, 5.74) is 2.98. The molecule has 5 nitrogen and oxygen atoms in total. The van der Waals surface area contributed by atoms with E-state index in [-0.39, 0.29) is 5.75 Å². The number of pyridine rings is 1. The lowest BCUT2D eigenvalue weighted by atomic mass is 10.3. The number of hydrogen-bond acceptors (Lipinski definition) is 4. The molecule has 0 saturated heterocycles. The summed E-state index contributed by atoms with van der Waals surface area (Å²) < 4.78 is 2.01. The molecule has 2 aromatic heterocycles. The Morgan fingerprint density at radius 1 is 1.53 bits per heavy atom. The molecule has 0 bridgehead atoms. The number of carbonyl (C=O) groups is 1. The van der Waals surface area contributed by atoms with Crippen molar-refractivity contribution in [1.29, 1.82) is 0 Å². The molecule has 2 heterocycles. The summed E-state index contributed by atoms with van der Waals surface area (Å²) >= 11 is 1.23. The summed E-state index contributed by atoms with van der Waals surface area (Å²) in [6.07, 6.45) is 5.50. The van der Waals surface area contributed by atoms with Crippen molar-refractivity contribution in [2.75, 3.05) is 5.75 Å². The van der Waals surface area contributed by atoms with E-state index in [1.807, 2.05) is 24.5 Å². The smallest absolute Gasteiger partial charge is 0.313 e. The third-order valence-corrected chi connectivity index (χ3v) is 3.48. The summed E-state index contributed by atoms with van der Waals surface area (Å²) in [7, 11) is 0. The highest BCUT2D eigenvalue weighted by Gasteiger charge is 2.11. The van der Waals surface area contributed by atoms with Crippen LogP contribution in [-0.2, 0) is 11.3 Å². The van der Waals surface area contributed by atoms with E-state index in [2.05, 4.69) is 16.0 Å². The first kappa shape index (κ1) is 13.6. The van der Waals surface area contributed by atoms with Gasteiger partial charge in [-0.25, -0.2) is 4.98 Å². The van der Waals surface area contributed by atoms with Crippen LogP contribution in [-0.4, -0.2) is 31.4 Å². The van der Waals surface area contributed by atoms with E-state index in [9.17, 15) is 4.79 Å². The molecule has 0 aliphatic carbocycles. The predicted octanol–water partition coefficient (Wildman–Crippen LogP) is 2.57.